The molecule has 3 aromatic carbocycles. The van der Waals surface area contributed by atoms with Gasteiger partial charge in [-0.15, -0.1) is 0 Å². The van der Waals surface area contributed by atoms with E-state index in [1.807, 2.05) is 30.3 Å². The molecule has 1 saturated heterocycles. The van der Waals surface area contributed by atoms with Crippen molar-refractivity contribution in [3.8, 4) is 0 Å². The zero-order valence-electron chi connectivity index (χ0n) is 15.9. The molecule has 144 valence electrons. The van der Waals surface area contributed by atoms with Crippen LogP contribution in [0.5, 0.6) is 0 Å². The molecule has 3 nitrogen and oxygen atoms in total. The van der Waals surface area contributed by atoms with Crippen molar-refractivity contribution in [1.82, 2.24) is 10.2 Å². The van der Waals surface area contributed by atoms with E-state index >= 15 is 0 Å². The van der Waals surface area contributed by atoms with E-state index in [1.54, 1.807) is 0 Å². The van der Waals surface area contributed by atoms with E-state index in [2.05, 4.69) is 46.6 Å². The summed E-state index contributed by atoms with van der Waals surface area (Å²) in [5.74, 6) is 0.266. The molecule has 1 aliphatic heterocycles. The Morgan fingerprint density at radius 1 is 0.929 bits per heavy atom. The van der Waals surface area contributed by atoms with Crippen molar-refractivity contribution < 1.29 is 4.79 Å². The Morgan fingerprint density at radius 2 is 1.61 bits per heavy atom. The first-order valence-corrected chi connectivity index (χ1v) is 10.3. The summed E-state index contributed by atoms with van der Waals surface area (Å²) in [7, 11) is 0. The Morgan fingerprint density at radius 3 is 2.43 bits per heavy atom. The van der Waals surface area contributed by atoms with Gasteiger partial charge < -0.3 is 5.32 Å². The van der Waals surface area contributed by atoms with Crippen molar-refractivity contribution in [2.24, 2.45) is 5.92 Å². The predicted molar refractivity (Wildman–Crippen MR) is 115 cm³/mol. The first-order chi connectivity index (χ1) is 13.7. The number of nitrogens with zero attached hydrogens (tertiary/aromatic N) is 1. The molecule has 1 amide bonds. The summed E-state index contributed by atoms with van der Waals surface area (Å²) in [5, 5.41) is 6.39. The fraction of sp³-hybridized carbons (Fsp3) is 0.292. The highest BCUT2D eigenvalue weighted by molar-refractivity contribution is 6.31. The molecule has 0 spiro atoms. The average molecular weight is 393 g/mol. The molecule has 1 heterocycles. The highest BCUT2D eigenvalue weighted by Crippen LogP contribution is 2.23. The van der Waals surface area contributed by atoms with Gasteiger partial charge in [0, 0.05) is 24.0 Å². The topological polar surface area (TPSA) is 32.3 Å². The molecule has 1 N–H and O–H groups in total. The van der Waals surface area contributed by atoms with Gasteiger partial charge in [0.25, 0.3) is 0 Å². The zero-order valence-corrected chi connectivity index (χ0v) is 16.7. The lowest BCUT2D eigenvalue weighted by atomic mass is 9.95. The van der Waals surface area contributed by atoms with Crippen molar-refractivity contribution in [2.45, 2.75) is 25.9 Å². The van der Waals surface area contributed by atoms with E-state index in [1.165, 1.54) is 16.3 Å². The number of hydrogen-bond donors (Lipinski definition) is 1. The van der Waals surface area contributed by atoms with Gasteiger partial charge in [0.2, 0.25) is 5.91 Å². The number of piperidine rings is 1. The van der Waals surface area contributed by atoms with E-state index in [9.17, 15) is 4.79 Å². The number of benzene rings is 3. The van der Waals surface area contributed by atoms with Gasteiger partial charge in [-0.2, -0.15) is 0 Å². The van der Waals surface area contributed by atoms with Crippen LogP contribution in [0.3, 0.4) is 0 Å². The van der Waals surface area contributed by atoms with Crippen molar-refractivity contribution in [3.63, 3.8) is 0 Å². The highest BCUT2D eigenvalue weighted by Gasteiger charge is 2.25. The minimum Gasteiger partial charge on any atom is -0.352 e. The lowest BCUT2D eigenvalue weighted by molar-refractivity contribution is -0.126. The van der Waals surface area contributed by atoms with Gasteiger partial charge in [0.1, 0.15) is 0 Å². The van der Waals surface area contributed by atoms with Crippen LogP contribution < -0.4 is 5.32 Å². The van der Waals surface area contributed by atoms with Crippen LogP contribution in [0.2, 0.25) is 5.02 Å². The third kappa shape index (κ3) is 4.37. The molecule has 0 unspecified atom stereocenters. The smallest absolute Gasteiger partial charge is 0.223 e. The summed E-state index contributed by atoms with van der Waals surface area (Å²) in [6, 6.07) is 22.5. The second kappa shape index (κ2) is 8.76. The predicted octanol–water partition coefficient (Wildman–Crippen LogP) is 5.02. The number of fused-ring (bicyclic) bond motifs is 1. The molecule has 0 aliphatic carbocycles. The molecule has 1 fully saturated rings. The van der Waals surface area contributed by atoms with Gasteiger partial charge in [0.15, 0.2) is 0 Å². The Bertz CT molecular complexity index is 958. The summed E-state index contributed by atoms with van der Waals surface area (Å²) in [6.45, 7) is 3.29. The second-order valence-corrected chi connectivity index (χ2v) is 7.91. The maximum atomic E-state index is 12.7. The average Bonchev–Trinajstić information content (AvgIpc) is 2.74. The third-order valence-corrected chi connectivity index (χ3v) is 6.01. The van der Waals surface area contributed by atoms with E-state index in [4.69, 9.17) is 11.6 Å². The SMILES string of the molecule is O=C(NCc1cccc2ccccc12)C1CCN(Cc2ccccc2Cl)CC1. The van der Waals surface area contributed by atoms with Crippen molar-refractivity contribution >= 4 is 28.3 Å². The quantitative estimate of drug-likeness (QED) is 0.661. The first-order valence-electron chi connectivity index (χ1n) is 9.91. The summed E-state index contributed by atoms with van der Waals surface area (Å²) in [6.07, 6.45) is 1.79. The van der Waals surface area contributed by atoms with Crippen LogP contribution in [0, 0.1) is 5.92 Å². The van der Waals surface area contributed by atoms with Crippen LogP contribution in [-0.4, -0.2) is 23.9 Å². The Hall–Kier alpha value is -2.36. The van der Waals surface area contributed by atoms with Crippen LogP contribution in [-0.2, 0) is 17.9 Å². The number of amides is 1. The van der Waals surface area contributed by atoms with Gasteiger partial charge >= 0.3 is 0 Å². The largest absolute Gasteiger partial charge is 0.352 e. The molecule has 0 aromatic heterocycles. The van der Waals surface area contributed by atoms with E-state index < -0.39 is 0 Å². The maximum absolute atomic E-state index is 12.7. The zero-order chi connectivity index (χ0) is 19.3. The van der Waals surface area contributed by atoms with E-state index in [0.717, 1.165) is 43.1 Å². The Labute approximate surface area is 171 Å². The summed E-state index contributed by atoms with van der Waals surface area (Å²) >= 11 is 6.27. The number of carbonyl (C=O) groups excluding carboxylic acids is 1. The maximum Gasteiger partial charge on any atom is 0.223 e. The van der Waals surface area contributed by atoms with Crippen LogP contribution in [0.25, 0.3) is 10.8 Å². The highest BCUT2D eigenvalue weighted by atomic mass is 35.5. The van der Waals surface area contributed by atoms with Gasteiger partial charge in [0.05, 0.1) is 0 Å². The number of likely N-dealkylation sites (tertiary alicyclic amines) is 1. The minimum atomic E-state index is 0.0949. The normalized spacial score (nSPS) is 15.6. The van der Waals surface area contributed by atoms with Crippen molar-refractivity contribution in [1.29, 1.82) is 0 Å². The van der Waals surface area contributed by atoms with E-state index in [-0.39, 0.29) is 11.8 Å². The molecule has 0 radical (unpaired) electrons. The van der Waals surface area contributed by atoms with Gasteiger partial charge in [-0.05, 0) is 53.9 Å². The molecule has 0 saturated carbocycles. The first kappa shape index (κ1) is 19.0. The molecular weight excluding hydrogens is 368 g/mol. The summed E-state index contributed by atoms with van der Waals surface area (Å²) in [5.41, 5.74) is 2.32. The van der Waals surface area contributed by atoms with Gasteiger partial charge in [-0.25, -0.2) is 0 Å². The molecular formula is C24H25ClN2O. The lowest BCUT2D eigenvalue weighted by Crippen LogP contribution is -2.40. The van der Waals surface area contributed by atoms with Crippen LogP contribution in [0.15, 0.2) is 66.7 Å². The lowest BCUT2D eigenvalue weighted by Gasteiger charge is -2.31. The van der Waals surface area contributed by atoms with Gasteiger partial charge in [-0.1, -0.05) is 72.3 Å². The Kier molecular flexibility index (Phi) is 5.94. The van der Waals surface area contributed by atoms with Crippen LogP contribution in [0.1, 0.15) is 24.0 Å². The third-order valence-electron chi connectivity index (χ3n) is 5.64. The molecule has 3 aromatic rings. The van der Waals surface area contributed by atoms with Crippen LogP contribution >= 0.6 is 11.6 Å². The Balaban J connectivity index is 1.30. The minimum absolute atomic E-state index is 0.0949. The molecule has 4 rings (SSSR count). The fourth-order valence-corrected chi connectivity index (χ4v) is 4.19. The molecule has 0 bridgehead atoms. The standard InChI is InChI=1S/C24H25ClN2O/c25-23-11-4-2-7-21(23)17-27-14-12-19(13-15-27)24(28)26-16-20-9-5-8-18-6-1-3-10-22(18)20/h1-11,19H,12-17H2,(H,26,28). The molecule has 1 aliphatic rings. The molecule has 28 heavy (non-hydrogen) atoms. The number of halogens is 1. The number of hydrogen-bond acceptors (Lipinski definition) is 2. The van der Waals surface area contributed by atoms with Gasteiger partial charge in [-0.3, -0.25) is 9.69 Å². The number of carbonyl (C=O) groups is 1. The number of nitrogens with one attached hydrogen (secondary N) is 1. The number of rotatable bonds is 5. The fourth-order valence-electron chi connectivity index (χ4n) is 3.99. The van der Waals surface area contributed by atoms with Crippen LogP contribution in [0.4, 0.5) is 0 Å². The summed E-state index contributed by atoms with van der Waals surface area (Å²) < 4.78 is 0. The second-order valence-electron chi connectivity index (χ2n) is 7.50. The van der Waals surface area contributed by atoms with Crippen molar-refractivity contribution in [2.75, 3.05) is 13.1 Å². The monoisotopic (exact) mass is 392 g/mol. The summed E-state index contributed by atoms with van der Waals surface area (Å²) in [4.78, 5) is 15.1. The molecule has 0 atom stereocenters. The van der Waals surface area contributed by atoms with E-state index in [0.29, 0.717) is 6.54 Å². The van der Waals surface area contributed by atoms with Crippen molar-refractivity contribution in [3.05, 3.63) is 82.9 Å². The molecule has 4 heteroatoms.